The highest BCUT2D eigenvalue weighted by Gasteiger charge is 2.43. The Morgan fingerprint density at radius 1 is 1.11 bits per heavy atom. The third-order valence-corrected chi connectivity index (χ3v) is 4.99. The first-order valence-electron chi connectivity index (χ1n) is 9.40. The van der Waals surface area contributed by atoms with Gasteiger partial charge in [0.2, 0.25) is 0 Å². The quantitative estimate of drug-likeness (QED) is 0.641. The number of guanidine groups is 1. The second kappa shape index (κ2) is 7.72. The highest BCUT2D eigenvalue weighted by atomic mass is 16.4. The van der Waals surface area contributed by atoms with E-state index in [9.17, 15) is 9.59 Å². The molecule has 2 aromatic rings. The molecule has 1 amide bonds. The van der Waals surface area contributed by atoms with Crippen LogP contribution in [-0.2, 0) is 4.79 Å². The molecule has 2 aliphatic rings. The minimum Gasteiger partial charge on any atom is -0.481 e. The average Bonchev–Trinajstić information content (AvgIpc) is 3.51. The first-order valence-corrected chi connectivity index (χ1v) is 9.40. The van der Waals surface area contributed by atoms with Gasteiger partial charge in [-0.2, -0.15) is 0 Å². The van der Waals surface area contributed by atoms with Gasteiger partial charge in [0, 0.05) is 30.0 Å². The molecule has 1 aliphatic carbocycles. The largest absolute Gasteiger partial charge is 0.481 e. The van der Waals surface area contributed by atoms with Gasteiger partial charge >= 0.3 is 5.97 Å². The predicted octanol–water partition coefficient (Wildman–Crippen LogP) is 2.89. The molecule has 7 nitrogen and oxygen atoms in total. The van der Waals surface area contributed by atoms with Gasteiger partial charge in [-0.15, -0.1) is 0 Å². The van der Waals surface area contributed by atoms with Crippen LogP contribution in [0, 0.1) is 5.92 Å². The van der Waals surface area contributed by atoms with Crippen molar-refractivity contribution in [3.8, 4) is 0 Å². The zero-order valence-electron chi connectivity index (χ0n) is 15.3. The molecule has 0 radical (unpaired) electrons. The Bertz CT molecular complexity index is 924. The summed E-state index contributed by atoms with van der Waals surface area (Å²) in [5.74, 6) is -0.422. The van der Waals surface area contributed by atoms with Gasteiger partial charge in [0.25, 0.3) is 5.91 Å². The summed E-state index contributed by atoms with van der Waals surface area (Å²) in [5.41, 5.74) is 3.01. The Kier molecular flexibility index (Phi) is 4.97. The highest BCUT2D eigenvalue weighted by Crippen LogP contribution is 2.47. The maximum atomic E-state index is 12.6. The lowest BCUT2D eigenvalue weighted by molar-refractivity contribution is -0.138. The maximum Gasteiger partial charge on any atom is 0.307 e. The summed E-state index contributed by atoms with van der Waals surface area (Å²) in [6.07, 6.45) is 1.70. The van der Waals surface area contributed by atoms with E-state index >= 15 is 0 Å². The Morgan fingerprint density at radius 3 is 2.61 bits per heavy atom. The zero-order valence-corrected chi connectivity index (χ0v) is 15.3. The molecule has 0 saturated heterocycles. The van der Waals surface area contributed by atoms with E-state index in [0.717, 1.165) is 36.7 Å². The minimum atomic E-state index is -0.745. The number of nitrogens with one attached hydrogen (secondary N) is 3. The average molecular weight is 378 g/mol. The van der Waals surface area contributed by atoms with Crippen LogP contribution in [0.4, 0.5) is 11.4 Å². The number of carboxylic acids is 1. The third kappa shape index (κ3) is 4.14. The predicted molar refractivity (Wildman–Crippen MR) is 108 cm³/mol. The summed E-state index contributed by atoms with van der Waals surface area (Å²) in [5, 5.41) is 18.3. The van der Waals surface area contributed by atoms with Gasteiger partial charge in [0.05, 0.1) is 5.92 Å². The van der Waals surface area contributed by atoms with Crippen LogP contribution in [0.5, 0.6) is 0 Å². The van der Waals surface area contributed by atoms with Crippen molar-refractivity contribution < 1.29 is 14.7 Å². The summed E-state index contributed by atoms with van der Waals surface area (Å²) < 4.78 is 0. The molecule has 28 heavy (non-hydrogen) atoms. The molecule has 4 N–H and O–H groups in total. The molecular weight excluding hydrogens is 356 g/mol. The number of amides is 1. The van der Waals surface area contributed by atoms with Crippen molar-refractivity contribution in [2.45, 2.75) is 18.8 Å². The van der Waals surface area contributed by atoms with Crippen molar-refractivity contribution in [3.05, 3.63) is 59.7 Å². The first kappa shape index (κ1) is 18.0. The molecule has 144 valence electrons. The molecule has 2 aromatic carbocycles. The molecule has 2 unspecified atom stereocenters. The van der Waals surface area contributed by atoms with Crippen molar-refractivity contribution >= 4 is 29.2 Å². The molecule has 1 saturated carbocycles. The number of carbonyl (C=O) groups is 2. The Hall–Kier alpha value is -3.35. The fourth-order valence-corrected chi connectivity index (χ4v) is 3.34. The normalized spacial score (nSPS) is 20.5. The van der Waals surface area contributed by atoms with Crippen LogP contribution in [0.3, 0.4) is 0 Å². The van der Waals surface area contributed by atoms with Gasteiger partial charge in [-0.05, 0) is 54.7 Å². The van der Waals surface area contributed by atoms with Crippen LogP contribution >= 0.6 is 0 Å². The van der Waals surface area contributed by atoms with E-state index in [1.807, 2.05) is 36.4 Å². The van der Waals surface area contributed by atoms with Gasteiger partial charge in [0.1, 0.15) is 0 Å². The topological polar surface area (TPSA) is 103 Å². The fourth-order valence-electron chi connectivity index (χ4n) is 3.34. The van der Waals surface area contributed by atoms with E-state index in [4.69, 9.17) is 5.11 Å². The lowest BCUT2D eigenvalue weighted by Crippen LogP contribution is -2.35. The number of hydrogen-bond acceptors (Lipinski definition) is 5. The highest BCUT2D eigenvalue weighted by molar-refractivity contribution is 6.05. The number of benzene rings is 2. The summed E-state index contributed by atoms with van der Waals surface area (Å²) in [7, 11) is 0. The number of aliphatic carboxylic acids is 1. The smallest absolute Gasteiger partial charge is 0.307 e. The van der Waals surface area contributed by atoms with Crippen molar-refractivity contribution in [2.75, 3.05) is 23.7 Å². The van der Waals surface area contributed by atoms with Crippen LogP contribution in [-0.4, -0.2) is 36.0 Å². The zero-order chi connectivity index (χ0) is 19.5. The van der Waals surface area contributed by atoms with E-state index in [-0.39, 0.29) is 17.7 Å². The lowest BCUT2D eigenvalue weighted by Gasteiger charge is -2.16. The van der Waals surface area contributed by atoms with Crippen LogP contribution in [0.1, 0.15) is 34.7 Å². The molecular formula is C21H22N4O3. The van der Waals surface area contributed by atoms with Crippen molar-refractivity contribution in [1.29, 1.82) is 0 Å². The SMILES string of the molecule is O=C(Nc1ccc(C2CC2C(=O)O)cc1)c1cccc(NC2=NCCCN2)c1. The van der Waals surface area contributed by atoms with E-state index < -0.39 is 5.97 Å². The molecule has 1 fully saturated rings. The molecule has 7 heteroatoms. The van der Waals surface area contributed by atoms with Crippen LogP contribution in [0.15, 0.2) is 53.5 Å². The van der Waals surface area contributed by atoms with E-state index in [1.165, 1.54) is 0 Å². The number of carbonyl (C=O) groups excluding carboxylic acids is 1. The lowest BCUT2D eigenvalue weighted by atomic mass is 10.1. The monoisotopic (exact) mass is 378 g/mol. The number of hydrogen-bond donors (Lipinski definition) is 4. The maximum absolute atomic E-state index is 12.6. The summed E-state index contributed by atoms with van der Waals surface area (Å²) in [4.78, 5) is 27.9. The summed E-state index contributed by atoms with van der Waals surface area (Å²) >= 11 is 0. The minimum absolute atomic E-state index is 0.0846. The second-order valence-corrected chi connectivity index (χ2v) is 7.08. The molecule has 0 spiro atoms. The molecule has 4 rings (SSSR count). The standard InChI is InChI=1S/C21H22N4O3/c26-19(14-3-1-4-16(11-14)25-21-22-9-2-10-23-21)24-15-7-5-13(6-8-15)17-12-18(17)20(27)28/h1,3-8,11,17-18H,2,9-10,12H2,(H,24,26)(H,27,28)(H2,22,23,25). The van der Waals surface area contributed by atoms with Gasteiger partial charge in [-0.25, -0.2) is 0 Å². The third-order valence-electron chi connectivity index (χ3n) is 4.99. The van der Waals surface area contributed by atoms with Gasteiger partial charge in [0.15, 0.2) is 5.96 Å². The molecule has 0 bridgehead atoms. The number of rotatable bonds is 5. The Balaban J connectivity index is 1.39. The number of aliphatic imine (C=N–C) groups is 1. The fraction of sp³-hybridized carbons (Fsp3) is 0.286. The Labute approximate surface area is 162 Å². The van der Waals surface area contributed by atoms with Crippen LogP contribution in [0.25, 0.3) is 0 Å². The van der Waals surface area contributed by atoms with Gasteiger partial charge in [-0.1, -0.05) is 18.2 Å². The summed E-state index contributed by atoms with van der Waals surface area (Å²) in [6.45, 7) is 1.68. The number of anilines is 2. The van der Waals surface area contributed by atoms with Crippen LogP contribution < -0.4 is 16.0 Å². The van der Waals surface area contributed by atoms with Crippen molar-refractivity contribution in [1.82, 2.24) is 5.32 Å². The first-order chi connectivity index (χ1) is 13.6. The Morgan fingerprint density at radius 2 is 1.93 bits per heavy atom. The summed E-state index contributed by atoms with van der Waals surface area (Å²) in [6, 6.07) is 14.6. The molecule has 2 atom stereocenters. The van der Waals surface area contributed by atoms with E-state index in [0.29, 0.717) is 17.7 Å². The van der Waals surface area contributed by atoms with Crippen molar-refractivity contribution in [2.24, 2.45) is 10.9 Å². The van der Waals surface area contributed by atoms with E-state index in [1.54, 1.807) is 12.1 Å². The van der Waals surface area contributed by atoms with E-state index in [2.05, 4.69) is 20.9 Å². The second-order valence-electron chi connectivity index (χ2n) is 7.08. The molecule has 1 heterocycles. The number of nitrogens with zero attached hydrogens (tertiary/aromatic N) is 1. The van der Waals surface area contributed by atoms with Crippen LogP contribution in [0.2, 0.25) is 0 Å². The molecule has 0 aromatic heterocycles. The molecule has 1 aliphatic heterocycles. The van der Waals surface area contributed by atoms with Gasteiger partial charge in [-0.3, -0.25) is 14.6 Å². The number of carboxylic acid groups (broad SMARTS) is 1. The van der Waals surface area contributed by atoms with Crippen molar-refractivity contribution in [3.63, 3.8) is 0 Å². The van der Waals surface area contributed by atoms with Gasteiger partial charge < -0.3 is 21.1 Å².